The lowest BCUT2D eigenvalue weighted by Gasteiger charge is -2.53. The minimum atomic E-state index is -5.08. The van der Waals surface area contributed by atoms with Crippen molar-refractivity contribution in [1.29, 1.82) is 0 Å². The Balaban J connectivity index is 0.000000199. The van der Waals surface area contributed by atoms with Gasteiger partial charge in [-0.1, -0.05) is 18.2 Å². The minimum absolute atomic E-state index is 0.458. The average Bonchev–Trinajstić information content (AvgIpc) is 2.32. The van der Waals surface area contributed by atoms with Crippen LogP contribution in [0.1, 0.15) is 12.8 Å². The number of carboxylic acid groups (broad SMARTS) is 1. The van der Waals surface area contributed by atoms with Crippen LogP contribution in [0.25, 0.3) is 0 Å². The van der Waals surface area contributed by atoms with Gasteiger partial charge in [-0.05, 0) is 25.0 Å². The van der Waals surface area contributed by atoms with Gasteiger partial charge in [0.15, 0.2) is 0 Å². The number of carboxylic acids is 1. The molecule has 1 spiro atoms. The summed E-state index contributed by atoms with van der Waals surface area (Å²) in [5.41, 5.74) is 0.611. The minimum Gasteiger partial charge on any atom is -0.490 e. The topological polar surface area (TPSA) is 58.6 Å². The first-order valence-electron chi connectivity index (χ1n) is 6.53. The van der Waals surface area contributed by atoms with Gasteiger partial charge in [-0.3, -0.25) is 0 Å². The first kappa shape index (κ1) is 15.6. The Bertz CT molecular complexity index is 478. The van der Waals surface area contributed by atoms with Crippen LogP contribution in [0, 0.1) is 5.41 Å². The van der Waals surface area contributed by atoms with Gasteiger partial charge in [0, 0.05) is 18.5 Å². The van der Waals surface area contributed by atoms with Crippen LogP contribution >= 0.6 is 0 Å². The number of carbonyl (C=O) groups is 1. The Morgan fingerprint density at radius 2 is 1.76 bits per heavy atom. The van der Waals surface area contributed by atoms with Gasteiger partial charge in [-0.15, -0.1) is 0 Å². The lowest BCUT2D eigenvalue weighted by Crippen LogP contribution is -2.62. The van der Waals surface area contributed by atoms with Crippen molar-refractivity contribution in [2.45, 2.75) is 25.1 Å². The summed E-state index contributed by atoms with van der Waals surface area (Å²) in [6.07, 6.45) is -2.16. The van der Waals surface area contributed by atoms with Crippen LogP contribution in [0.15, 0.2) is 30.3 Å². The van der Waals surface area contributed by atoms with Crippen molar-refractivity contribution in [3.8, 4) is 5.75 Å². The van der Waals surface area contributed by atoms with Gasteiger partial charge in [-0.25, -0.2) is 4.79 Å². The summed E-state index contributed by atoms with van der Waals surface area (Å²) in [7, 11) is 0. The van der Waals surface area contributed by atoms with Gasteiger partial charge >= 0.3 is 12.1 Å². The van der Waals surface area contributed by atoms with E-state index in [-0.39, 0.29) is 0 Å². The lowest BCUT2D eigenvalue weighted by molar-refractivity contribution is -0.192. The predicted octanol–water partition coefficient (Wildman–Crippen LogP) is 2.45. The van der Waals surface area contributed by atoms with Crippen molar-refractivity contribution < 1.29 is 27.8 Å². The number of ether oxygens (including phenoxy) is 1. The van der Waals surface area contributed by atoms with E-state index in [9.17, 15) is 13.2 Å². The van der Waals surface area contributed by atoms with Gasteiger partial charge in [-0.2, -0.15) is 13.2 Å². The maximum Gasteiger partial charge on any atom is 0.490 e. The molecule has 0 bridgehead atoms. The highest BCUT2D eigenvalue weighted by molar-refractivity contribution is 5.73. The number of alkyl halides is 3. The number of nitrogens with one attached hydrogen (secondary N) is 1. The van der Waals surface area contributed by atoms with Crippen molar-refractivity contribution in [3.63, 3.8) is 0 Å². The van der Waals surface area contributed by atoms with Gasteiger partial charge in [0.1, 0.15) is 5.75 Å². The first-order chi connectivity index (χ1) is 9.81. The fraction of sp³-hybridized carbons (Fsp3) is 0.500. The maximum absolute atomic E-state index is 10.6. The fourth-order valence-corrected chi connectivity index (χ4v) is 2.45. The molecule has 0 atom stereocenters. The molecule has 1 aliphatic carbocycles. The molecule has 2 N–H and O–H groups in total. The molecule has 21 heavy (non-hydrogen) atoms. The third kappa shape index (κ3) is 4.10. The van der Waals surface area contributed by atoms with Crippen LogP contribution in [-0.4, -0.2) is 36.4 Å². The average molecular weight is 303 g/mol. The monoisotopic (exact) mass is 303 g/mol. The van der Waals surface area contributed by atoms with E-state index in [4.69, 9.17) is 14.6 Å². The quantitative estimate of drug-likeness (QED) is 0.881. The Labute approximate surface area is 119 Å². The van der Waals surface area contributed by atoms with Gasteiger partial charge < -0.3 is 15.2 Å². The zero-order valence-electron chi connectivity index (χ0n) is 11.2. The molecule has 2 aliphatic rings. The summed E-state index contributed by atoms with van der Waals surface area (Å²) in [6, 6.07) is 10.1. The van der Waals surface area contributed by atoms with Crippen molar-refractivity contribution >= 4 is 5.97 Å². The van der Waals surface area contributed by atoms with Crippen LogP contribution in [0.2, 0.25) is 0 Å². The Morgan fingerprint density at radius 3 is 2.14 bits per heavy atom. The van der Waals surface area contributed by atoms with Crippen molar-refractivity contribution in [1.82, 2.24) is 5.32 Å². The molecule has 4 nitrogen and oxygen atoms in total. The van der Waals surface area contributed by atoms with Gasteiger partial charge in [0.05, 0.1) is 6.10 Å². The number of benzene rings is 1. The first-order valence-corrected chi connectivity index (χ1v) is 6.53. The fourth-order valence-electron chi connectivity index (χ4n) is 2.45. The van der Waals surface area contributed by atoms with Crippen LogP contribution in [-0.2, 0) is 4.79 Å². The third-order valence-corrected chi connectivity index (χ3v) is 3.61. The molecule has 1 saturated heterocycles. The number of rotatable bonds is 2. The summed E-state index contributed by atoms with van der Waals surface area (Å²) in [6.45, 7) is 2.39. The number of halogens is 3. The second-order valence-corrected chi connectivity index (χ2v) is 5.37. The van der Waals surface area contributed by atoms with Crippen molar-refractivity contribution in [2.75, 3.05) is 13.1 Å². The van der Waals surface area contributed by atoms with E-state index in [1.807, 2.05) is 30.3 Å². The van der Waals surface area contributed by atoms with E-state index in [0.29, 0.717) is 11.5 Å². The third-order valence-electron chi connectivity index (χ3n) is 3.61. The molecule has 1 heterocycles. The Hall–Kier alpha value is -1.76. The highest BCUT2D eigenvalue weighted by Crippen LogP contribution is 2.45. The van der Waals surface area contributed by atoms with Crippen LogP contribution in [0.5, 0.6) is 5.75 Å². The molecule has 116 valence electrons. The zero-order chi connectivity index (χ0) is 15.5. The second-order valence-electron chi connectivity index (χ2n) is 5.37. The SMILES string of the molecule is O=C(O)C(F)(F)F.c1ccc(OC2CC3(CNC3)C2)cc1. The molecular formula is C14H16F3NO3. The lowest BCUT2D eigenvalue weighted by atomic mass is 9.63. The molecule has 1 aromatic rings. The summed E-state index contributed by atoms with van der Waals surface area (Å²) in [5, 5.41) is 10.5. The Morgan fingerprint density at radius 1 is 1.24 bits per heavy atom. The van der Waals surface area contributed by atoms with E-state index in [2.05, 4.69) is 5.32 Å². The second kappa shape index (κ2) is 5.93. The summed E-state index contributed by atoms with van der Waals surface area (Å²) in [5.74, 6) is -1.74. The predicted molar refractivity (Wildman–Crippen MR) is 69.1 cm³/mol. The van der Waals surface area contributed by atoms with E-state index in [0.717, 1.165) is 5.75 Å². The normalized spacial score (nSPS) is 19.8. The summed E-state index contributed by atoms with van der Waals surface area (Å²) < 4.78 is 37.6. The van der Waals surface area contributed by atoms with E-state index in [1.54, 1.807) is 0 Å². The van der Waals surface area contributed by atoms with Crippen LogP contribution < -0.4 is 10.1 Å². The summed E-state index contributed by atoms with van der Waals surface area (Å²) >= 11 is 0. The number of aliphatic carboxylic acids is 1. The number of para-hydroxylation sites is 1. The molecule has 2 fully saturated rings. The molecule has 0 aromatic heterocycles. The van der Waals surface area contributed by atoms with E-state index >= 15 is 0 Å². The van der Waals surface area contributed by atoms with Gasteiger partial charge in [0.25, 0.3) is 0 Å². The van der Waals surface area contributed by atoms with Crippen molar-refractivity contribution in [3.05, 3.63) is 30.3 Å². The standard InChI is InChI=1S/C12H15NO.C2HF3O2/c1-2-4-10(5-3-1)14-11-6-12(7-11)8-13-9-12;3-2(4,5)1(6)7/h1-5,11,13H,6-9H2;(H,6,7). The zero-order valence-corrected chi connectivity index (χ0v) is 11.2. The molecule has 1 aliphatic heterocycles. The molecule has 7 heteroatoms. The molecule has 3 rings (SSSR count). The largest absolute Gasteiger partial charge is 0.490 e. The number of hydrogen-bond acceptors (Lipinski definition) is 3. The Kier molecular flexibility index (Phi) is 4.41. The highest BCUT2D eigenvalue weighted by Gasteiger charge is 2.49. The van der Waals surface area contributed by atoms with Crippen LogP contribution in [0.3, 0.4) is 0 Å². The molecule has 0 amide bonds. The van der Waals surface area contributed by atoms with Crippen LogP contribution in [0.4, 0.5) is 13.2 Å². The summed E-state index contributed by atoms with van der Waals surface area (Å²) in [4.78, 5) is 8.90. The van der Waals surface area contributed by atoms with Crippen molar-refractivity contribution in [2.24, 2.45) is 5.41 Å². The molecule has 0 unspecified atom stereocenters. The molecular weight excluding hydrogens is 287 g/mol. The highest BCUT2D eigenvalue weighted by atomic mass is 19.4. The van der Waals surface area contributed by atoms with E-state index in [1.165, 1.54) is 25.9 Å². The molecule has 1 saturated carbocycles. The molecule has 1 aromatic carbocycles. The maximum atomic E-state index is 10.6. The van der Waals surface area contributed by atoms with Gasteiger partial charge in [0.2, 0.25) is 0 Å². The smallest absolute Gasteiger partial charge is 0.490 e. The van der Waals surface area contributed by atoms with E-state index < -0.39 is 12.1 Å². The number of hydrogen-bond donors (Lipinski definition) is 2. The molecule has 0 radical (unpaired) electrons.